The number of pyridine rings is 2. The van der Waals surface area contributed by atoms with Crippen molar-refractivity contribution in [1.82, 2.24) is 9.97 Å². The number of rotatable bonds is 3. The highest BCUT2D eigenvalue weighted by Crippen LogP contribution is 2.37. The van der Waals surface area contributed by atoms with Crippen molar-refractivity contribution in [2.45, 2.75) is 20.0 Å². The SMILES string of the molecule is C/C=C(\C(=C/C)C(F)(F)F)c1cc2cccnc2c(NC)n1. The van der Waals surface area contributed by atoms with Gasteiger partial charge in [0.1, 0.15) is 5.52 Å². The maximum absolute atomic E-state index is 13.2. The summed E-state index contributed by atoms with van der Waals surface area (Å²) in [6, 6.07) is 5.15. The van der Waals surface area contributed by atoms with Crippen LogP contribution in [-0.4, -0.2) is 23.2 Å². The zero-order valence-corrected chi connectivity index (χ0v) is 12.5. The van der Waals surface area contributed by atoms with Gasteiger partial charge in [0.15, 0.2) is 5.82 Å². The fraction of sp³-hybridized carbons (Fsp3) is 0.250. The van der Waals surface area contributed by atoms with Crippen LogP contribution in [0.5, 0.6) is 0 Å². The van der Waals surface area contributed by atoms with Crippen LogP contribution < -0.4 is 5.32 Å². The van der Waals surface area contributed by atoms with Crippen LogP contribution in [0, 0.1) is 0 Å². The summed E-state index contributed by atoms with van der Waals surface area (Å²) < 4.78 is 39.5. The van der Waals surface area contributed by atoms with E-state index in [2.05, 4.69) is 15.3 Å². The number of hydrogen-bond donors (Lipinski definition) is 1. The summed E-state index contributed by atoms with van der Waals surface area (Å²) in [5.41, 5.74) is 0.237. The van der Waals surface area contributed by atoms with Gasteiger partial charge in [0, 0.05) is 24.2 Å². The minimum atomic E-state index is -4.43. The number of anilines is 1. The van der Waals surface area contributed by atoms with Gasteiger partial charge >= 0.3 is 6.18 Å². The van der Waals surface area contributed by atoms with Gasteiger partial charge in [-0.2, -0.15) is 13.2 Å². The Morgan fingerprint density at radius 1 is 1.23 bits per heavy atom. The fourth-order valence-electron chi connectivity index (χ4n) is 2.31. The van der Waals surface area contributed by atoms with Crippen molar-refractivity contribution >= 4 is 22.3 Å². The Hall–Kier alpha value is -2.37. The van der Waals surface area contributed by atoms with Gasteiger partial charge in [0.05, 0.1) is 11.3 Å². The van der Waals surface area contributed by atoms with Crippen LogP contribution in [0.15, 0.2) is 42.1 Å². The third-order valence-electron chi connectivity index (χ3n) is 3.27. The molecule has 0 bridgehead atoms. The number of hydrogen-bond acceptors (Lipinski definition) is 3. The van der Waals surface area contributed by atoms with E-state index in [0.717, 1.165) is 11.5 Å². The minimum absolute atomic E-state index is 0.0530. The van der Waals surface area contributed by atoms with Gasteiger partial charge in [-0.25, -0.2) is 4.98 Å². The summed E-state index contributed by atoms with van der Waals surface area (Å²) in [6.45, 7) is 2.94. The Balaban J connectivity index is 2.67. The Labute approximate surface area is 126 Å². The number of nitrogens with zero attached hydrogens (tertiary/aromatic N) is 2. The summed E-state index contributed by atoms with van der Waals surface area (Å²) in [5, 5.41) is 3.61. The van der Waals surface area contributed by atoms with Crippen molar-refractivity contribution in [2.75, 3.05) is 12.4 Å². The average Bonchev–Trinajstić information content (AvgIpc) is 2.50. The maximum Gasteiger partial charge on any atom is 0.416 e. The first-order valence-electron chi connectivity index (χ1n) is 6.76. The molecule has 0 amide bonds. The standard InChI is InChI=1S/C16H16F3N3/c1-4-11(12(5-2)16(17,18)19)13-9-10-7-6-8-21-14(10)15(20-3)22-13/h4-9H,1-3H3,(H,20,22)/b11-4+,12-5+. The first-order chi connectivity index (χ1) is 10.4. The van der Waals surface area contributed by atoms with E-state index in [1.807, 2.05) is 0 Å². The third kappa shape index (κ3) is 2.95. The molecule has 0 atom stereocenters. The number of allylic oxidation sites excluding steroid dienone is 4. The van der Waals surface area contributed by atoms with Crippen LogP contribution in [0.2, 0.25) is 0 Å². The Morgan fingerprint density at radius 2 is 1.95 bits per heavy atom. The average molecular weight is 307 g/mol. The molecule has 2 heterocycles. The van der Waals surface area contributed by atoms with Gasteiger partial charge in [-0.1, -0.05) is 18.2 Å². The molecule has 0 radical (unpaired) electrons. The third-order valence-corrected chi connectivity index (χ3v) is 3.27. The van der Waals surface area contributed by atoms with Gasteiger partial charge in [-0.15, -0.1) is 0 Å². The minimum Gasteiger partial charge on any atom is -0.371 e. The fourth-order valence-corrected chi connectivity index (χ4v) is 2.31. The highest BCUT2D eigenvalue weighted by molar-refractivity contribution is 5.92. The Kier molecular flexibility index (Phi) is 4.49. The molecule has 0 unspecified atom stereocenters. The van der Waals surface area contributed by atoms with Gasteiger partial charge in [0.2, 0.25) is 0 Å². The molecule has 0 spiro atoms. The van der Waals surface area contributed by atoms with E-state index in [4.69, 9.17) is 0 Å². The molecule has 2 aromatic rings. The lowest BCUT2D eigenvalue weighted by molar-refractivity contribution is -0.0872. The van der Waals surface area contributed by atoms with Gasteiger partial charge < -0.3 is 5.32 Å². The molecular formula is C16H16F3N3. The molecule has 6 heteroatoms. The first kappa shape index (κ1) is 16.0. The van der Waals surface area contributed by atoms with Crippen LogP contribution in [-0.2, 0) is 0 Å². The van der Waals surface area contributed by atoms with Crippen LogP contribution >= 0.6 is 0 Å². The number of halogens is 3. The van der Waals surface area contributed by atoms with Crippen molar-refractivity contribution in [1.29, 1.82) is 0 Å². The predicted octanol–water partition coefficient (Wildman–Crippen LogP) is 4.58. The predicted molar refractivity (Wildman–Crippen MR) is 82.5 cm³/mol. The lowest BCUT2D eigenvalue weighted by Crippen LogP contribution is -2.14. The van der Waals surface area contributed by atoms with Crippen LogP contribution in [0.1, 0.15) is 19.5 Å². The second-order valence-corrected chi connectivity index (χ2v) is 4.58. The highest BCUT2D eigenvalue weighted by atomic mass is 19.4. The highest BCUT2D eigenvalue weighted by Gasteiger charge is 2.36. The molecule has 0 aliphatic carbocycles. The van der Waals surface area contributed by atoms with Crippen LogP contribution in [0.25, 0.3) is 16.5 Å². The van der Waals surface area contributed by atoms with E-state index in [-0.39, 0.29) is 11.3 Å². The van der Waals surface area contributed by atoms with Gasteiger partial charge in [0.25, 0.3) is 0 Å². The number of aromatic nitrogens is 2. The summed E-state index contributed by atoms with van der Waals surface area (Å²) >= 11 is 0. The quantitative estimate of drug-likeness (QED) is 0.843. The molecule has 0 aliphatic heterocycles. The van der Waals surface area contributed by atoms with E-state index in [1.54, 1.807) is 38.4 Å². The molecule has 2 rings (SSSR count). The van der Waals surface area contributed by atoms with Crippen molar-refractivity contribution in [3.8, 4) is 0 Å². The smallest absolute Gasteiger partial charge is 0.371 e. The van der Waals surface area contributed by atoms with Gasteiger partial charge in [-0.05, 0) is 26.0 Å². The lowest BCUT2D eigenvalue weighted by Gasteiger charge is -2.16. The van der Waals surface area contributed by atoms with Crippen molar-refractivity contribution in [3.05, 3.63) is 47.8 Å². The van der Waals surface area contributed by atoms with Crippen LogP contribution in [0.4, 0.5) is 19.0 Å². The summed E-state index contributed by atoms with van der Waals surface area (Å²) in [7, 11) is 1.66. The summed E-state index contributed by atoms with van der Waals surface area (Å²) in [4.78, 5) is 8.50. The van der Waals surface area contributed by atoms with Gasteiger partial charge in [-0.3, -0.25) is 4.98 Å². The molecule has 3 nitrogen and oxygen atoms in total. The van der Waals surface area contributed by atoms with Crippen molar-refractivity contribution in [2.24, 2.45) is 0 Å². The van der Waals surface area contributed by atoms with Crippen molar-refractivity contribution in [3.63, 3.8) is 0 Å². The zero-order valence-electron chi connectivity index (χ0n) is 12.5. The topological polar surface area (TPSA) is 37.8 Å². The first-order valence-corrected chi connectivity index (χ1v) is 6.76. The molecule has 116 valence electrons. The van der Waals surface area contributed by atoms with Crippen LogP contribution in [0.3, 0.4) is 0 Å². The normalized spacial score (nSPS) is 13.5. The maximum atomic E-state index is 13.2. The Morgan fingerprint density at radius 3 is 2.50 bits per heavy atom. The molecule has 0 aromatic carbocycles. The molecule has 2 aromatic heterocycles. The molecule has 22 heavy (non-hydrogen) atoms. The van der Waals surface area contributed by atoms with Crippen molar-refractivity contribution < 1.29 is 13.2 Å². The Bertz CT molecular complexity index is 746. The summed E-state index contributed by atoms with van der Waals surface area (Å²) in [6.07, 6.45) is -0.327. The largest absolute Gasteiger partial charge is 0.416 e. The monoisotopic (exact) mass is 307 g/mol. The molecule has 1 N–H and O–H groups in total. The number of fused-ring (bicyclic) bond motifs is 1. The molecule has 0 fully saturated rings. The second-order valence-electron chi connectivity index (χ2n) is 4.58. The molecule has 0 saturated heterocycles. The molecule has 0 saturated carbocycles. The summed E-state index contributed by atoms with van der Waals surface area (Å²) in [5.74, 6) is 0.449. The zero-order chi connectivity index (χ0) is 16.3. The second kappa shape index (κ2) is 6.17. The lowest BCUT2D eigenvalue weighted by atomic mass is 10.00. The molecular weight excluding hydrogens is 291 g/mol. The van der Waals surface area contributed by atoms with E-state index >= 15 is 0 Å². The number of nitrogens with one attached hydrogen (secondary N) is 1. The number of alkyl halides is 3. The molecule has 0 aliphatic rings. The van der Waals surface area contributed by atoms with E-state index < -0.39 is 11.7 Å². The van der Waals surface area contributed by atoms with E-state index in [9.17, 15) is 13.2 Å². The van der Waals surface area contributed by atoms with E-state index in [0.29, 0.717) is 11.3 Å². The van der Waals surface area contributed by atoms with E-state index in [1.165, 1.54) is 13.0 Å².